The van der Waals surface area contributed by atoms with Gasteiger partial charge in [0.05, 0.1) is 45.6 Å². The molecule has 1 aromatic heterocycles. The number of aromatic nitrogens is 1. The van der Waals surface area contributed by atoms with Gasteiger partial charge in [0.1, 0.15) is 108 Å². The predicted octanol–water partition coefficient (Wildman–Crippen LogP) is -5.56. The van der Waals surface area contributed by atoms with Gasteiger partial charge in [-0.15, -0.1) is 0 Å². The number of amides is 22. The lowest BCUT2D eigenvalue weighted by atomic mass is 9.96. The van der Waals surface area contributed by atoms with Crippen molar-refractivity contribution in [2.24, 2.45) is 29.4 Å². The molecule has 4 aromatic carbocycles. The van der Waals surface area contributed by atoms with Crippen LogP contribution in [0.25, 0.3) is 10.9 Å². The molecule has 3 fully saturated rings. The van der Waals surface area contributed by atoms with Gasteiger partial charge in [-0.2, -0.15) is 0 Å². The van der Waals surface area contributed by atoms with E-state index in [1.807, 2.05) is 0 Å². The number of aromatic hydroxyl groups is 1. The number of carbonyl (C=O) groups excluding carboxylic acids is 22. The van der Waals surface area contributed by atoms with Gasteiger partial charge in [0.25, 0.3) is 0 Å². The average Bonchev–Trinajstić information content (AvgIpc) is 1.63. The van der Waals surface area contributed by atoms with Gasteiger partial charge < -0.3 is 138 Å². The number of phenolic OH excluding ortho intramolecular Hbond substituents is 1. The van der Waals surface area contributed by atoms with Crippen LogP contribution in [0.2, 0.25) is 0 Å². The van der Waals surface area contributed by atoms with E-state index in [2.05, 4.69) is 117 Å². The van der Waals surface area contributed by atoms with Gasteiger partial charge in [-0.25, -0.2) is 4.79 Å². The van der Waals surface area contributed by atoms with E-state index >= 15 is 38.4 Å². The average molecular weight is 2160 g/mol. The standard InChI is InChI=1S/C97H131N23O26S4/c1-11-50(8)80-96(144)119-79(49(6)7)95(143)117-71(93(141)112-63(32-54-22-16-13-17-23-54)87(135)115-66(97(145)146)34-56-37-99-59-25-19-18-24-58(56)59)46-150-149-45-70-92(140)113-64(35-72(98)123)88(136)114-65-36-73(124)108-69(91(139)110-60(30-47(2)3)83(131)101-41-77(128)118-78(48(4)5)94(142)103-40-75(126)107-67(42-121)90(138)116-70)44-148-147-43-68(109-76(127)38-100-81(129)51(9)104-86(134)62(111-89(65)137)31-53-20-14-12-15-21-53)84(132)102-39-74(125)106-61(33-55-26-28-57(122)29-27-55)85(133)105-52(10)82(130)120-80/h12-29,37,47-52,60-71,78-80,99,121-122H,11,30-36,38-46H2,1-10H3,(H2,98,123)(H,100,129)(H,101,131)(H,102,132)(H,103,142)(H,104,134)(H,105,133)(H,106,125)(H,107,126)(H,108,124)(H,109,127)(H,110,139)(H,111,137)(H,112,141)(H,113,140)(H,114,136)(H,115,135)(H,116,138)(H,117,143)(H,118,128)(H,119,144)(H,120,130)(H,145,146)/t50-,51-,52-,60-,61-,62-,63-,64-,65-,66-,67-,68-,69-,70?,71-,78-,79-,80-/m0/s1. The summed E-state index contributed by atoms with van der Waals surface area (Å²) in [5, 5.41) is 84.2. The normalized spacial score (nSPS) is 24.8. The topological polar surface area (TPSA) is 748 Å². The summed E-state index contributed by atoms with van der Waals surface area (Å²) in [6.45, 7) is 9.93. The maximum absolute atomic E-state index is 15.6. The molecule has 8 rings (SSSR count). The second-order valence-corrected chi connectivity index (χ2v) is 42.3. The Bertz CT molecular complexity index is 5670. The number of rotatable bonds is 22. The number of carboxylic acids is 1. The number of primary amides is 1. The van der Waals surface area contributed by atoms with Crippen molar-refractivity contribution < 1.29 is 126 Å². The molecular formula is C97H131N23O26S4. The summed E-state index contributed by atoms with van der Waals surface area (Å²) < 4.78 is 0. The van der Waals surface area contributed by atoms with E-state index in [1.54, 1.807) is 107 Å². The lowest BCUT2D eigenvalue weighted by Gasteiger charge is -2.30. The molecule has 150 heavy (non-hydrogen) atoms. The second-order valence-electron chi connectivity index (χ2n) is 37.2. The fourth-order valence-corrected chi connectivity index (χ4v) is 20.1. The summed E-state index contributed by atoms with van der Waals surface area (Å²) in [5.41, 5.74) is 8.02. The van der Waals surface area contributed by atoms with Crippen LogP contribution in [0.1, 0.15) is 117 Å². The molecule has 0 spiro atoms. The zero-order valence-electron chi connectivity index (χ0n) is 84.1. The van der Waals surface area contributed by atoms with Gasteiger partial charge in [-0.05, 0) is 84.4 Å². The zero-order chi connectivity index (χ0) is 110. The van der Waals surface area contributed by atoms with Gasteiger partial charge in [0.2, 0.25) is 130 Å². The molecule has 0 aliphatic carbocycles. The Kier molecular flexibility index (Phi) is 47.9. The molecule has 3 aliphatic heterocycles. The number of aromatic amines is 1. The number of hydrogen-bond donors (Lipinski definition) is 26. The summed E-state index contributed by atoms with van der Waals surface area (Å²) in [6, 6.07) is -2.34. The largest absolute Gasteiger partial charge is 0.508 e. The number of fused-ring (bicyclic) bond motifs is 10. The first-order valence-corrected chi connectivity index (χ1v) is 53.4. The Hall–Kier alpha value is -14.6. The number of phenols is 1. The number of para-hydroxylation sites is 1. The fraction of sp³-hybridized carbons (Fsp3) is 0.495. The van der Waals surface area contributed by atoms with Gasteiger partial charge in [-0.3, -0.25) is 105 Å². The van der Waals surface area contributed by atoms with Crippen LogP contribution in [0.15, 0.2) is 115 Å². The highest BCUT2D eigenvalue weighted by molar-refractivity contribution is 8.77. The third kappa shape index (κ3) is 38.8. The van der Waals surface area contributed by atoms with Crippen LogP contribution in [-0.4, -0.2) is 315 Å². The van der Waals surface area contributed by atoms with E-state index in [9.17, 15) is 87.2 Å². The molecule has 3 aliphatic rings. The highest BCUT2D eigenvalue weighted by Gasteiger charge is 2.42. The molecule has 18 atom stereocenters. The van der Waals surface area contributed by atoms with Crippen LogP contribution >= 0.6 is 43.2 Å². The molecule has 27 N–H and O–H groups in total. The lowest BCUT2D eigenvalue weighted by molar-refractivity contribution is -0.142. The van der Waals surface area contributed by atoms with Crippen LogP contribution < -0.4 is 117 Å². The maximum atomic E-state index is 15.6. The molecule has 3 saturated heterocycles. The van der Waals surface area contributed by atoms with Crippen molar-refractivity contribution in [3.05, 3.63) is 138 Å². The number of aliphatic hydroxyl groups is 1. The smallest absolute Gasteiger partial charge is 0.326 e. The minimum atomic E-state index is -2.32. The highest BCUT2D eigenvalue weighted by atomic mass is 33.1. The van der Waals surface area contributed by atoms with E-state index in [0.717, 1.165) is 21.6 Å². The Morgan fingerprint density at radius 3 is 1.42 bits per heavy atom. The molecule has 814 valence electrons. The number of aliphatic carboxylic acids is 1. The third-order valence-electron chi connectivity index (χ3n) is 24.0. The number of carbonyl (C=O) groups is 23. The molecule has 4 bridgehead atoms. The van der Waals surface area contributed by atoms with Crippen molar-refractivity contribution in [2.45, 2.75) is 223 Å². The van der Waals surface area contributed by atoms with Gasteiger partial charge in [-0.1, -0.05) is 196 Å². The van der Waals surface area contributed by atoms with E-state index in [-0.39, 0.29) is 37.9 Å². The molecule has 0 radical (unpaired) electrons. The second kappa shape index (κ2) is 59.5. The molecular weight excluding hydrogens is 2030 g/mol. The van der Waals surface area contributed by atoms with Crippen LogP contribution in [0, 0.1) is 23.7 Å². The Labute approximate surface area is 879 Å². The number of nitrogens with two attached hydrogens (primary N) is 1. The minimum absolute atomic E-state index is 0.170. The third-order valence-corrected chi connectivity index (χ3v) is 28.8. The number of nitrogens with one attached hydrogen (secondary N) is 22. The summed E-state index contributed by atoms with van der Waals surface area (Å²) in [7, 11) is 2.72. The lowest BCUT2D eigenvalue weighted by Crippen LogP contribution is -2.62. The molecule has 49 nitrogen and oxygen atoms in total. The van der Waals surface area contributed by atoms with Crippen LogP contribution in [-0.2, 0) is 136 Å². The van der Waals surface area contributed by atoms with E-state index in [4.69, 9.17) is 5.73 Å². The molecule has 5 aromatic rings. The van der Waals surface area contributed by atoms with Gasteiger partial charge in [0.15, 0.2) is 0 Å². The number of aliphatic hydroxyl groups excluding tert-OH is 1. The van der Waals surface area contributed by atoms with Crippen LogP contribution in [0.4, 0.5) is 0 Å². The highest BCUT2D eigenvalue weighted by Crippen LogP contribution is 2.28. The molecule has 1 unspecified atom stereocenters. The Morgan fingerprint density at radius 1 is 0.400 bits per heavy atom. The van der Waals surface area contributed by atoms with Crippen molar-refractivity contribution in [3.8, 4) is 5.75 Å². The van der Waals surface area contributed by atoms with Crippen molar-refractivity contribution in [1.82, 2.24) is 117 Å². The first-order chi connectivity index (χ1) is 71.2. The molecule has 22 amide bonds. The molecule has 53 heteroatoms. The van der Waals surface area contributed by atoms with Crippen molar-refractivity contribution in [2.75, 3.05) is 55.8 Å². The first-order valence-electron chi connectivity index (χ1n) is 48.4. The van der Waals surface area contributed by atoms with Crippen molar-refractivity contribution in [1.29, 1.82) is 0 Å². The Morgan fingerprint density at radius 2 is 0.847 bits per heavy atom. The van der Waals surface area contributed by atoms with Crippen LogP contribution in [0.3, 0.4) is 0 Å². The number of carboxylic acid groups (broad SMARTS) is 1. The van der Waals surface area contributed by atoms with E-state index in [1.165, 1.54) is 77.9 Å². The van der Waals surface area contributed by atoms with Gasteiger partial charge in [0, 0.05) is 65.8 Å². The summed E-state index contributed by atoms with van der Waals surface area (Å²) in [6.07, 6.45) is -2.37. The first kappa shape index (κ1) is 121. The predicted molar refractivity (Wildman–Crippen MR) is 552 cm³/mol. The number of hydrogen-bond acceptors (Lipinski definition) is 29. The van der Waals surface area contributed by atoms with E-state index in [0.29, 0.717) is 54.7 Å². The minimum Gasteiger partial charge on any atom is -0.508 e. The van der Waals surface area contributed by atoms with Gasteiger partial charge >= 0.3 is 5.97 Å². The number of benzene rings is 4. The quantitative estimate of drug-likeness (QED) is 0.0287. The Balaban J connectivity index is 1.31. The maximum Gasteiger partial charge on any atom is 0.326 e. The monoisotopic (exact) mass is 2160 g/mol. The summed E-state index contributed by atoms with van der Waals surface area (Å²) in [4.78, 5) is 339. The zero-order valence-corrected chi connectivity index (χ0v) is 87.3. The molecule has 0 saturated carbocycles. The van der Waals surface area contributed by atoms with Crippen molar-refractivity contribution >= 4 is 190 Å². The summed E-state index contributed by atoms with van der Waals surface area (Å²) in [5.74, 6) is -32.8. The molecule has 4 heterocycles. The SMILES string of the molecule is CC[C@H](C)[C@@H]1NC(=O)[C@H](C)NC(=O)[C@H](Cc2ccc(O)cc2)NC(=O)CNC(=O)[C@@H]2CSSC[C@@H]3NC(=O)C[C@H](NC(=O)[C@H](CC(N)=O)NC(=O)C(CSSC[C@@H](C(=O)N[C@@H](Cc4ccccc4)C(=O)N[C@@H](Cc4c[nH]c5ccccc45)C(=O)O)NC(=O)[C@H](C(C)C)NC1=O)NC(=O)[C@H](CO)NC(=O)CNC(=O)[C@H](C(C)C)NC(=O)CNC(=O)[C@H](CC(C)C)NC3=O)C(=O)N[C@@H](Cc1ccccc1)C(=O)N[C@@H](C)C(=O)NCC(=O)N2. The summed E-state index contributed by atoms with van der Waals surface area (Å²) >= 11 is 0. The fourth-order valence-electron chi connectivity index (χ4n) is 15.4. The van der Waals surface area contributed by atoms with E-state index < -0.39 is 337 Å². The van der Waals surface area contributed by atoms with Crippen molar-refractivity contribution in [3.63, 3.8) is 0 Å². The number of H-pyrrole nitrogens is 1. The van der Waals surface area contributed by atoms with Crippen LogP contribution in [0.5, 0.6) is 5.75 Å².